The fraction of sp³-hybridized carbons (Fsp3) is 0.200. The van der Waals surface area contributed by atoms with Crippen molar-refractivity contribution in [1.29, 1.82) is 0 Å². The molecule has 1 aliphatic carbocycles. The molecule has 0 saturated heterocycles. The average Bonchev–Trinajstić information content (AvgIpc) is 2.15. The highest BCUT2D eigenvalue weighted by Gasteiger charge is 2.16. The van der Waals surface area contributed by atoms with Crippen molar-refractivity contribution in [1.82, 2.24) is 0 Å². The van der Waals surface area contributed by atoms with Crippen LogP contribution in [0.5, 0.6) is 11.5 Å². The van der Waals surface area contributed by atoms with Crippen LogP contribution in [0.15, 0.2) is 18.2 Å². The molecule has 0 aromatic heterocycles. The van der Waals surface area contributed by atoms with Crippen molar-refractivity contribution in [2.45, 2.75) is 12.8 Å². The second kappa shape index (κ2) is 2.96. The molecule has 0 amide bonds. The third kappa shape index (κ3) is 1.27. The lowest BCUT2D eigenvalue weighted by atomic mass is 9.95. The molecule has 2 rings (SSSR count). The molecule has 2 N–H and O–H groups in total. The summed E-state index contributed by atoms with van der Waals surface area (Å²) in [6.45, 7) is 0. The molecule has 0 aliphatic heterocycles. The van der Waals surface area contributed by atoms with Gasteiger partial charge in [0.2, 0.25) is 0 Å². The van der Waals surface area contributed by atoms with Gasteiger partial charge in [0, 0.05) is 17.2 Å². The van der Waals surface area contributed by atoms with Crippen molar-refractivity contribution in [2.75, 3.05) is 0 Å². The van der Waals surface area contributed by atoms with E-state index in [0.29, 0.717) is 12.8 Å². The highest BCUT2D eigenvalue weighted by atomic mass is 35.5. The van der Waals surface area contributed by atoms with Crippen LogP contribution < -0.4 is 0 Å². The number of aromatic hydroxyl groups is 2. The first-order chi connectivity index (χ1) is 6.20. The molecule has 0 fully saturated rings. The molecule has 1 aromatic rings. The monoisotopic (exact) mass is 196 g/mol. The Bertz CT molecular complexity index is 383. The van der Waals surface area contributed by atoms with Gasteiger partial charge in [-0.3, -0.25) is 0 Å². The van der Waals surface area contributed by atoms with Crippen LogP contribution in [0, 0.1) is 0 Å². The van der Waals surface area contributed by atoms with Crippen molar-refractivity contribution < 1.29 is 10.2 Å². The van der Waals surface area contributed by atoms with E-state index in [1.807, 2.05) is 12.2 Å². The number of hydrogen-bond donors (Lipinski definition) is 2. The Morgan fingerprint density at radius 1 is 1.08 bits per heavy atom. The summed E-state index contributed by atoms with van der Waals surface area (Å²) in [5.41, 5.74) is 1.52. The fourth-order valence-electron chi connectivity index (χ4n) is 1.57. The van der Waals surface area contributed by atoms with Crippen molar-refractivity contribution in [3.63, 3.8) is 0 Å². The lowest BCUT2D eigenvalue weighted by molar-refractivity contribution is 0.450. The van der Waals surface area contributed by atoms with E-state index in [4.69, 9.17) is 11.6 Å². The van der Waals surface area contributed by atoms with Gasteiger partial charge in [-0.25, -0.2) is 0 Å². The van der Waals surface area contributed by atoms with Crippen molar-refractivity contribution >= 4 is 11.6 Å². The predicted octanol–water partition coefficient (Wildman–Crippen LogP) is 2.41. The van der Waals surface area contributed by atoms with Crippen molar-refractivity contribution in [3.05, 3.63) is 34.4 Å². The number of hydrogen-bond acceptors (Lipinski definition) is 2. The Morgan fingerprint density at radius 2 is 1.69 bits per heavy atom. The second-order valence-corrected chi connectivity index (χ2v) is 3.47. The van der Waals surface area contributed by atoms with E-state index >= 15 is 0 Å². The summed E-state index contributed by atoms with van der Waals surface area (Å²) < 4.78 is 0. The third-order valence-electron chi connectivity index (χ3n) is 2.26. The maximum atomic E-state index is 9.59. The SMILES string of the molecule is Oc1cc(Cl)c(O)c2c1CC=CC2. The van der Waals surface area contributed by atoms with Crippen LogP contribution in [-0.4, -0.2) is 10.2 Å². The number of rotatable bonds is 0. The number of phenols is 2. The molecular formula is C10H9ClO2. The highest BCUT2D eigenvalue weighted by molar-refractivity contribution is 6.32. The summed E-state index contributed by atoms with van der Waals surface area (Å²) in [6.07, 6.45) is 5.22. The van der Waals surface area contributed by atoms with E-state index in [9.17, 15) is 10.2 Å². The summed E-state index contributed by atoms with van der Waals surface area (Å²) in [7, 11) is 0. The zero-order valence-corrected chi connectivity index (χ0v) is 7.67. The maximum absolute atomic E-state index is 9.59. The molecule has 0 saturated carbocycles. The van der Waals surface area contributed by atoms with E-state index in [1.54, 1.807) is 0 Å². The first-order valence-corrected chi connectivity index (χ1v) is 4.45. The average molecular weight is 197 g/mol. The quantitative estimate of drug-likeness (QED) is 0.494. The molecule has 0 heterocycles. The molecule has 0 radical (unpaired) electrons. The molecule has 68 valence electrons. The Morgan fingerprint density at radius 3 is 2.38 bits per heavy atom. The van der Waals surface area contributed by atoms with Gasteiger partial charge >= 0.3 is 0 Å². The molecule has 1 aromatic carbocycles. The van der Waals surface area contributed by atoms with Gasteiger partial charge in [0.05, 0.1) is 5.02 Å². The van der Waals surface area contributed by atoms with Crippen LogP contribution in [0.3, 0.4) is 0 Å². The fourth-order valence-corrected chi connectivity index (χ4v) is 1.78. The minimum Gasteiger partial charge on any atom is -0.508 e. The number of halogens is 1. The van der Waals surface area contributed by atoms with Crippen LogP contribution in [0.1, 0.15) is 11.1 Å². The largest absolute Gasteiger partial charge is 0.508 e. The van der Waals surface area contributed by atoms with Gasteiger partial charge in [0.15, 0.2) is 0 Å². The number of benzene rings is 1. The number of phenolic OH excluding ortho intramolecular Hbond substituents is 2. The first kappa shape index (κ1) is 8.45. The predicted molar refractivity (Wildman–Crippen MR) is 51.3 cm³/mol. The Balaban J connectivity index is 2.66. The van der Waals surface area contributed by atoms with Crippen LogP contribution in [0.2, 0.25) is 5.02 Å². The lowest BCUT2D eigenvalue weighted by Crippen LogP contribution is -1.98. The van der Waals surface area contributed by atoms with Crippen LogP contribution in [0.4, 0.5) is 0 Å². The normalized spacial score (nSPS) is 14.2. The zero-order chi connectivity index (χ0) is 9.42. The minimum atomic E-state index is 0.0961. The first-order valence-electron chi connectivity index (χ1n) is 4.07. The summed E-state index contributed by atoms with van der Waals surface area (Å²) in [4.78, 5) is 0. The molecule has 0 unspecified atom stereocenters. The van der Waals surface area contributed by atoms with E-state index in [-0.39, 0.29) is 16.5 Å². The summed E-state index contributed by atoms with van der Waals surface area (Å²) >= 11 is 5.72. The van der Waals surface area contributed by atoms with Crippen LogP contribution >= 0.6 is 11.6 Å². The molecule has 2 nitrogen and oxygen atoms in total. The van der Waals surface area contributed by atoms with Gasteiger partial charge in [-0.05, 0) is 12.8 Å². The number of fused-ring (bicyclic) bond motifs is 1. The van der Waals surface area contributed by atoms with E-state index in [0.717, 1.165) is 11.1 Å². The summed E-state index contributed by atoms with van der Waals surface area (Å²) in [5, 5.41) is 19.3. The van der Waals surface area contributed by atoms with Gasteiger partial charge in [-0.2, -0.15) is 0 Å². The van der Waals surface area contributed by atoms with Gasteiger partial charge < -0.3 is 10.2 Å². The molecule has 13 heavy (non-hydrogen) atoms. The molecule has 1 aliphatic rings. The van der Waals surface area contributed by atoms with Gasteiger partial charge in [-0.15, -0.1) is 0 Å². The number of allylic oxidation sites excluding steroid dienone is 2. The van der Waals surface area contributed by atoms with E-state index in [1.165, 1.54) is 6.07 Å². The van der Waals surface area contributed by atoms with Gasteiger partial charge in [0.25, 0.3) is 0 Å². The smallest absolute Gasteiger partial charge is 0.138 e. The van der Waals surface area contributed by atoms with Crippen LogP contribution in [0.25, 0.3) is 0 Å². The van der Waals surface area contributed by atoms with Gasteiger partial charge in [0.1, 0.15) is 11.5 Å². The molecule has 0 atom stereocenters. The summed E-state index contributed by atoms with van der Waals surface area (Å²) in [6, 6.07) is 1.38. The second-order valence-electron chi connectivity index (χ2n) is 3.06. The Kier molecular flexibility index (Phi) is 1.93. The van der Waals surface area contributed by atoms with Crippen LogP contribution in [-0.2, 0) is 12.8 Å². The lowest BCUT2D eigenvalue weighted by Gasteiger charge is -2.15. The zero-order valence-electron chi connectivity index (χ0n) is 6.92. The maximum Gasteiger partial charge on any atom is 0.138 e. The highest BCUT2D eigenvalue weighted by Crippen LogP contribution is 2.38. The summed E-state index contributed by atoms with van der Waals surface area (Å²) in [5.74, 6) is 0.265. The standard InChI is InChI=1S/C10H9ClO2/c11-8-5-9(12)6-3-1-2-4-7(6)10(8)13/h1-2,5,12-13H,3-4H2. The van der Waals surface area contributed by atoms with Crippen molar-refractivity contribution in [2.24, 2.45) is 0 Å². The van der Waals surface area contributed by atoms with E-state index < -0.39 is 0 Å². The molecule has 0 spiro atoms. The molecular weight excluding hydrogens is 188 g/mol. The Labute approximate surface area is 81.1 Å². The molecule has 3 heteroatoms. The van der Waals surface area contributed by atoms with E-state index in [2.05, 4.69) is 0 Å². The molecule has 0 bridgehead atoms. The third-order valence-corrected chi connectivity index (χ3v) is 2.55. The van der Waals surface area contributed by atoms with Gasteiger partial charge in [-0.1, -0.05) is 23.8 Å². The minimum absolute atomic E-state index is 0.0961. The van der Waals surface area contributed by atoms with Crippen molar-refractivity contribution in [3.8, 4) is 11.5 Å². The Hall–Kier alpha value is -1.15. The topological polar surface area (TPSA) is 40.5 Å².